The molecule has 0 N–H and O–H groups in total. The minimum atomic E-state index is -1.30. The van der Waals surface area contributed by atoms with Gasteiger partial charge in [-0.1, -0.05) is 0 Å². The van der Waals surface area contributed by atoms with Gasteiger partial charge in [0.05, 0.1) is 0 Å². The summed E-state index contributed by atoms with van der Waals surface area (Å²) in [6.45, 7) is 8.94. The fourth-order valence-electron chi connectivity index (χ4n) is 2.01. The summed E-state index contributed by atoms with van der Waals surface area (Å²) in [6.07, 6.45) is 11.2. The van der Waals surface area contributed by atoms with Crippen LogP contribution >= 0.6 is 0 Å². The Morgan fingerprint density at radius 1 is 0.789 bits per heavy atom. The molecule has 0 radical (unpaired) electrons. The molecule has 116 valence electrons. The Morgan fingerprint density at radius 3 is 1.42 bits per heavy atom. The van der Waals surface area contributed by atoms with Crippen molar-refractivity contribution >= 4 is 12.4 Å². The Morgan fingerprint density at radius 2 is 1.16 bits per heavy atom. The number of hydrogen-bond acceptors (Lipinski definition) is 2. The van der Waals surface area contributed by atoms with Gasteiger partial charge in [-0.15, -0.1) is 0 Å². The summed E-state index contributed by atoms with van der Waals surface area (Å²) < 4.78 is 0. The number of nitrogens with zero attached hydrogens (tertiary/aromatic N) is 2. The van der Waals surface area contributed by atoms with E-state index in [1.165, 1.54) is 12.8 Å². The molecule has 0 heterocycles. The van der Waals surface area contributed by atoms with Crippen LogP contribution in [0.4, 0.5) is 0 Å². The van der Waals surface area contributed by atoms with Crippen LogP contribution in [0, 0.1) is 0 Å². The second-order valence-electron chi connectivity index (χ2n) is 5.18. The van der Waals surface area contributed by atoms with Crippen LogP contribution in [-0.4, -0.2) is 22.3 Å². The molecule has 0 bridgehead atoms. The summed E-state index contributed by atoms with van der Waals surface area (Å²) in [5.74, 6) is 4.89. The first kappa shape index (κ1) is 18.9. The molecule has 0 fully saturated rings. The van der Waals surface area contributed by atoms with Crippen molar-refractivity contribution in [2.75, 3.05) is 0 Å². The van der Waals surface area contributed by atoms with Gasteiger partial charge < -0.3 is 0 Å². The van der Waals surface area contributed by atoms with Gasteiger partial charge in [-0.2, -0.15) is 0 Å². The number of unbranched alkanes of at least 4 members (excludes halogenated alkanes) is 2. The van der Waals surface area contributed by atoms with Crippen molar-refractivity contribution in [2.24, 2.45) is 9.98 Å². The van der Waals surface area contributed by atoms with Gasteiger partial charge in [0, 0.05) is 0 Å². The fraction of sp³-hybridized carbons (Fsp3) is 0.875. The van der Waals surface area contributed by atoms with Crippen molar-refractivity contribution in [3.63, 3.8) is 0 Å². The predicted octanol–water partition coefficient (Wildman–Crippen LogP) is 5.45. The molecule has 0 spiro atoms. The van der Waals surface area contributed by atoms with E-state index in [1.54, 1.807) is 0 Å². The summed E-state index contributed by atoms with van der Waals surface area (Å²) in [5, 5.41) is 0. The van der Waals surface area contributed by atoms with Crippen molar-refractivity contribution < 1.29 is 12.8 Å². The summed E-state index contributed by atoms with van der Waals surface area (Å²) >= 11 is -1.30. The summed E-state index contributed by atoms with van der Waals surface area (Å²) in [5.41, 5.74) is 0. The molecule has 2 nitrogen and oxygen atoms in total. The first-order valence-electron chi connectivity index (χ1n) is 7.61. The van der Waals surface area contributed by atoms with E-state index in [0.717, 1.165) is 25.7 Å². The Hall–Kier alpha value is -0.141. The molecule has 2 atom stereocenters. The average Bonchev–Trinajstić information content (AvgIpc) is 2.39. The van der Waals surface area contributed by atoms with E-state index >= 15 is 0 Å². The van der Waals surface area contributed by atoms with E-state index in [-0.39, 0.29) is 0 Å². The average molecular weight is 310 g/mol. The zero-order valence-corrected chi connectivity index (χ0v) is 14.9. The topological polar surface area (TPSA) is 24.7 Å². The standard InChI is InChI=1S/2C7H14N.2CH3.Fe/c2*1-3-5-7-8-6-4-2;;;/h2*6-7H,3-5H2,1-2H3;2*1H3;. The molecule has 0 aromatic carbocycles. The van der Waals surface area contributed by atoms with Crippen LogP contribution in [0.25, 0.3) is 0 Å². The van der Waals surface area contributed by atoms with Crippen molar-refractivity contribution in [3.8, 4) is 0 Å². The Kier molecular flexibility index (Phi) is 10.5. The van der Waals surface area contributed by atoms with Crippen LogP contribution in [-0.2, 0) is 12.8 Å². The molecule has 3 heteroatoms. The number of hydrogen-bond donors (Lipinski definition) is 0. The van der Waals surface area contributed by atoms with E-state index in [1.807, 2.05) is 0 Å². The van der Waals surface area contributed by atoms with Gasteiger partial charge in [0.15, 0.2) is 0 Å². The van der Waals surface area contributed by atoms with Crippen molar-refractivity contribution in [3.05, 3.63) is 0 Å². The van der Waals surface area contributed by atoms with Gasteiger partial charge in [-0.05, 0) is 0 Å². The van der Waals surface area contributed by atoms with Crippen LogP contribution < -0.4 is 0 Å². The third-order valence-corrected chi connectivity index (χ3v) is 8.26. The zero-order valence-electron chi connectivity index (χ0n) is 13.8. The van der Waals surface area contributed by atoms with Crippen LogP contribution in [0.2, 0.25) is 11.6 Å². The Labute approximate surface area is 123 Å². The monoisotopic (exact) mass is 310 g/mol. The van der Waals surface area contributed by atoms with Crippen molar-refractivity contribution in [2.45, 2.75) is 87.7 Å². The van der Waals surface area contributed by atoms with E-state index < -0.39 is 12.8 Å². The Bertz CT molecular complexity index is 246. The second-order valence-corrected chi connectivity index (χ2v) is 10.7. The van der Waals surface area contributed by atoms with Crippen LogP contribution in [0.5, 0.6) is 0 Å². The zero-order chi connectivity index (χ0) is 14.7. The summed E-state index contributed by atoms with van der Waals surface area (Å²) in [7, 11) is 0. The molecule has 2 unspecified atom stereocenters. The molecule has 0 saturated heterocycles. The van der Waals surface area contributed by atoms with E-state index in [2.05, 4.69) is 51.8 Å². The van der Waals surface area contributed by atoms with Gasteiger partial charge >= 0.3 is 123 Å². The van der Waals surface area contributed by atoms with Crippen LogP contribution in [0.1, 0.15) is 66.2 Å². The number of aliphatic imine (C=N–C) groups is 2. The van der Waals surface area contributed by atoms with Gasteiger partial charge in [-0.25, -0.2) is 0 Å². The van der Waals surface area contributed by atoms with E-state index in [9.17, 15) is 0 Å². The third-order valence-electron chi connectivity index (χ3n) is 3.23. The molecule has 0 aliphatic rings. The molecule has 0 rings (SSSR count). The van der Waals surface area contributed by atoms with Gasteiger partial charge in [-0.3, -0.25) is 0 Å². The van der Waals surface area contributed by atoms with Gasteiger partial charge in [0.25, 0.3) is 0 Å². The summed E-state index contributed by atoms with van der Waals surface area (Å²) in [6, 6.07) is 0. The molecular weight excluding hydrogens is 276 g/mol. The third kappa shape index (κ3) is 6.72. The molecule has 0 aromatic rings. The minimum absolute atomic E-state index is 0.503. The Balaban J connectivity index is 4.83. The SMILES string of the molecule is CCCC=N[CH](CC)[Fe]([CH3])([CH3])[CH](CC)N=CCCC. The first-order valence-corrected chi connectivity index (χ1v) is 11.1. The first-order chi connectivity index (χ1) is 9.04. The van der Waals surface area contributed by atoms with E-state index in [4.69, 9.17) is 9.98 Å². The van der Waals surface area contributed by atoms with Gasteiger partial charge in [0.2, 0.25) is 0 Å². The molecule has 0 saturated carbocycles. The predicted molar refractivity (Wildman–Crippen MR) is 86.7 cm³/mol. The molecule has 0 aliphatic carbocycles. The molecule has 0 aromatic heterocycles. The summed E-state index contributed by atoms with van der Waals surface area (Å²) in [4.78, 5) is 10.7. The molecule has 0 aliphatic heterocycles. The normalized spacial score (nSPS) is 17.2. The van der Waals surface area contributed by atoms with E-state index in [0.29, 0.717) is 9.88 Å². The maximum atomic E-state index is 4.86. The molecular formula is C16H34FeN2. The molecule has 0 amide bonds. The molecule has 19 heavy (non-hydrogen) atoms. The van der Waals surface area contributed by atoms with Gasteiger partial charge in [0.1, 0.15) is 0 Å². The van der Waals surface area contributed by atoms with Crippen molar-refractivity contribution in [1.29, 1.82) is 0 Å². The number of rotatable bonds is 10. The van der Waals surface area contributed by atoms with Crippen LogP contribution in [0.3, 0.4) is 0 Å². The quantitative estimate of drug-likeness (QED) is 0.378. The fourth-order valence-corrected chi connectivity index (χ4v) is 5.91. The maximum absolute atomic E-state index is 4.86. The second kappa shape index (κ2) is 10.6. The van der Waals surface area contributed by atoms with Crippen molar-refractivity contribution in [1.82, 2.24) is 0 Å². The van der Waals surface area contributed by atoms with Crippen LogP contribution in [0.15, 0.2) is 9.98 Å².